The quantitative estimate of drug-likeness (QED) is 0.360. The molecule has 2 aromatic heterocycles. The third-order valence-corrected chi connectivity index (χ3v) is 6.21. The average molecular weight is 391 g/mol. The van der Waals surface area contributed by atoms with Gasteiger partial charge in [-0.1, -0.05) is 48.0 Å². The van der Waals surface area contributed by atoms with E-state index in [1.165, 1.54) is 32.1 Å². The zero-order valence-corrected chi connectivity index (χ0v) is 15.8. The van der Waals surface area contributed by atoms with Crippen LogP contribution in [0.4, 0.5) is 5.69 Å². The summed E-state index contributed by atoms with van der Waals surface area (Å²) in [5.74, 6) is 0.668. The summed E-state index contributed by atoms with van der Waals surface area (Å²) in [5, 5.41) is 6.75. The molecule has 0 aliphatic rings. The van der Waals surface area contributed by atoms with Crippen LogP contribution in [0.5, 0.6) is 0 Å². The van der Waals surface area contributed by atoms with E-state index in [1.807, 2.05) is 29.5 Å². The van der Waals surface area contributed by atoms with E-state index in [0.717, 1.165) is 17.8 Å². The molecule has 0 unspecified atom stereocenters. The Kier molecular flexibility index (Phi) is 4.07. The number of nitrogens with zero attached hydrogens (tertiary/aromatic N) is 1. The lowest BCUT2D eigenvalue weighted by Gasteiger charge is -2.09. The molecule has 5 rings (SSSR count). The highest BCUT2D eigenvalue weighted by molar-refractivity contribution is 7.26. The van der Waals surface area contributed by atoms with Crippen molar-refractivity contribution >= 4 is 48.8 Å². The van der Waals surface area contributed by atoms with Gasteiger partial charge in [0.25, 0.3) is 0 Å². The normalized spacial score (nSPS) is 11.3. The second-order valence-electron chi connectivity index (χ2n) is 6.31. The number of benzene rings is 3. The Morgan fingerprint density at radius 3 is 2.74 bits per heavy atom. The van der Waals surface area contributed by atoms with Gasteiger partial charge in [0.1, 0.15) is 0 Å². The van der Waals surface area contributed by atoms with E-state index < -0.39 is 0 Å². The van der Waals surface area contributed by atoms with E-state index in [2.05, 4.69) is 52.8 Å². The second kappa shape index (κ2) is 6.72. The Bertz CT molecular complexity index is 1240. The summed E-state index contributed by atoms with van der Waals surface area (Å²) in [6.45, 7) is 0.738. The predicted octanol–water partition coefficient (Wildman–Crippen LogP) is 6.98. The van der Waals surface area contributed by atoms with Gasteiger partial charge < -0.3 is 9.73 Å². The van der Waals surface area contributed by atoms with Crippen LogP contribution < -0.4 is 5.32 Å². The number of fused-ring (bicyclic) bond motifs is 3. The van der Waals surface area contributed by atoms with Crippen molar-refractivity contribution in [2.24, 2.45) is 0 Å². The van der Waals surface area contributed by atoms with E-state index >= 15 is 0 Å². The first kappa shape index (κ1) is 16.4. The van der Waals surface area contributed by atoms with Crippen molar-refractivity contribution < 1.29 is 4.42 Å². The summed E-state index contributed by atoms with van der Waals surface area (Å²) in [5.41, 5.74) is 3.09. The molecule has 0 radical (unpaired) electrons. The zero-order valence-electron chi connectivity index (χ0n) is 14.3. The fourth-order valence-corrected chi connectivity index (χ4v) is 4.80. The summed E-state index contributed by atoms with van der Waals surface area (Å²) < 4.78 is 7.98. The van der Waals surface area contributed by atoms with Crippen LogP contribution in [0.15, 0.2) is 77.7 Å². The van der Waals surface area contributed by atoms with Crippen LogP contribution >= 0.6 is 22.9 Å². The van der Waals surface area contributed by atoms with Crippen LogP contribution in [0.3, 0.4) is 0 Å². The Balaban J connectivity index is 1.44. The fourth-order valence-electron chi connectivity index (χ4n) is 3.32. The van der Waals surface area contributed by atoms with Gasteiger partial charge in [-0.3, -0.25) is 0 Å². The monoisotopic (exact) mass is 390 g/mol. The predicted molar refractivity (Wildman–Crippen MR) is 114 cm³/mol. The molecule has 132 valence electrons. The molecule has 27 heavy (non-hydrogen) atoms. The number of halogens is 1. The summed E-state index contributed by atoms with van der Waals surface area (Å²) in [6, 6.07) is 20.9. The highest BCUT2D eigenvalue weighted by Gasteiger charge is 2.10. The fraction of sp³-hybridized carbons (Fsp3) is 0.0455. The van der Waals surface area contributed by atoms with Gasteiger partial charge in [0, 0.05) is 38.0 Å². The first-order valence-electron chi connectivity index (χ1n) is 8.61. The van der Waals surface area contributed by atoms with Gasteiger partial charge in [0.15, 0.2) is 12.2 Å². The molecule has 0 atom stereocenters. The van der Waals surface area contributed by atoms with Crippen LogP contribution in [0.1, 0.15) is 5.56 Å². The molecule has 0 fully saturated rings. The maximum Gasteiger partial charge on any atom is 0.181 e. The van der Waals surface area contributed by atoms with E-state index in [9.17, 15) is 0 Å². The molecule has 3 nitrogen and oxygen atoms in total. The minimum Gasteiger partial charge on any atom is -0.443 e. The molecule has 0 aliphatic carbocycles. The average Bonchev–Trinajstić information content (AvgIpc) is 3.34. The number of nitrogens with one attached hydrogen (secondary N) is 1. The first-order chi connectivity index (χ1) is 13.3. The van der Waals surface area contributed by atoms with E-state index in [4.69, 9.17) is 16.0 Å². The SMILES string of the molecule is Clc1cc(NCc2cccc3c2sc2ccccc23)ccc1-c1cnco1. The molecule has 0 bridgehead atoms. The molecule has 3 aromatic carbocycles. The molecule has 0 amide bonds. The highest BCUT2D eigenvalue weighted by atomic mass is 35.5. The second-order valence-corrected chi connectivity index (χ2v) is 7.77. The highest BCUT2D eigenvalue weighted by Crippen LogP contribution is 2.36. The molecule has 1 N–H and O–H groups in total. The summed E-state index contributed by atoms with van der Waals surface area (Å²) >= 11 is 8.27. The van der Waals surface area contributed by atoms with Crippen molar-refractivity contribution in [3.63, 3.8) is 0 Å². The molecule has 0 spiro atoms. The van der Waals surface area contributed by atoms with Crippen LogP contribution in [-0.2, 0) is 6.54 Å². The lowest BCUT2D eigenvalue weighted by atomic mass is 10.1. The topological polar surface area (TPSA) is 38.1 Å². The molecule has 2 heterocycles. The lowest BCUT2D eigenvalue weighted by Crippen LogP contribution is -1.99. The van der Waals surface area contributed by atoms with Crippen molar-refractivity contribution in [1.29, 1.82) is 0 Å². The summed E-state index contributed by atoms with van der Waals surface area (Å²) in [7, 11) is 0. The van der Waals surface area contributed by atoms with Crippen molar-refractivity contribution in [3.05, 3.63) is 83.8 Å². The van der Waals surface area contributed by atoms with E-state index in [1.54, 1.807) is 6.20 Å². The number of oxazole rings is 1. The number of thiophene rings is 1. The molecule has 5 aromatic rings. The van der Waals surface area contributed by atoms with Crippen LogP contribution in [-0.4, -0.2) is 4.98 Å². The smallest absolute Gasteiger partial charge is 0.181 e. The minimum atomic E-state index is 0.636. The summed E-state index contributed by atoms with van der Waals surface area (Å²) in [6.07, 6.45) is 3.07. The van der Waals surface area contributed by atoms with Crippen LogP contribution in [0, 0.1) is 0 Å². The summed E-state index contributed by atoms with van der Waals surface area (Å²) in [4.78, 5) is 3.95. The molecule has 0 aliphatic heterocycles. The molecule has 0 saturated carbocycles. The maximum absolute atomic E-state index is 6.43. The third-order valence-electron chi connectivity index (χ3n) is 4.64. The number of hydrogen-bond donors (Lipinski definition) is 1. The van der Waals surface area contributed by atoms with Crippen molar-refractivity contribution in [2.45, 2.75) is 6.54 Å². The largest absolute Gasteiger partial charge is 0.443 e. The van der Waals surface area contributed by atoms with Gasteiger partial charge in [-0.2, -0.15) is 0 Å². The Morgan fingerprint density at radius 1 is 1.00 bits per heavy atom. The van der Waals surface area contributed by atoms with E-state index in [0.29, 0.717) is 10.8 Å². The van der Waals surface area contributed by atoms with Gasteiger partial charge in [0.05, 0.1) is 11.2 Å². The van der Waals surface area contributed by atoms with Gasteiger partial charge in [0.2, 0.25) is 0 Å². The first-order valence-corrected chi connectivity index (χ1v) is 9.80. The molecular formula is C22H15ClN2OS. The molecule has 5 heteroatoms. The van der Waals surface area contributed by atoms with Crippen LogP contribution in [0.2, 0.25) is 5.02 Å². The number of rotatable bonds is 4. The number of aromatic nitrogens is 1. The van der Waals surface area contributed by atoms with Crippen molar-refractivity contribution in [2.75, 3.05) is 5.32 Å². The van der Waals surface area contributed by atoms with Gasteiger partial charge in [-0.25, -0.2) is 4.98 Å². The minimum absolute atomic E-state index is 0.636. The van der Waals surface area contributed by atoms with Crippen molar-refractivity contribution in [1.82, 2.24) is 4.98 Å². The van der Waals surface area contributed by atoms with Crippen molar-refractivity contribution in [3.8, 4) is 11.3 Å². The number of anilines is 1. The van der Waals surface area contributed by atoms with Gasteiger partial charge in [-0.05, 0) is 29.8 Å². The Morgan fingerprint density at radius 2 is 1.89 bits per heavy atom. The number of hydrogen-bond acceptors (Lipinski definition) is 4. The maximum atomic E-state index is 6.43. The zero-order chi connectivity index (χ0) is 18.2. The van der Waals surface area contributed by atoms with Gasteiger partial charge >= 0.3 is 0 Å². The molecular weight excluding hydrogens is 376 g/mol. The standard InChI is InChI=1S/C22H15ClN2OS/c23-19-10-15(8-9-18(19)20-12-24-13-26-20)25-11-14-4-3-6-17-16-5-1-2-7-21(16)27-22(14)17/h1-10,12-13,25H,11H2. The van der Waals surface area contributed by atoms with Gasteiger partial charge in [-0.15, -0.1) is 11.3 Å². The Hall–Kier alpha value is -2.82. The Labute approximate surface area is 165 Å². The lowest BCUT2D eigenvalue weighted by molar-refractivity contribution is 0.572. The van der Waals surface area contributed by atoms with Crippen LogP contribution in [0.25, 0.3) is 31.5 Å². The molecule has 0 saturated heterocycles. The third kappa shape index (κ3) is 2.97. The van der Waals surface area contributed by atoms with E-state index in [-0.39, 0.29) is 0 Å².